The summed E-state index contributed by atoms with van der Waals surface area (Å²) in [4.78, 5) is 63.9. The first-order chi connectivity index (χ1) is 17.4. The fourth-order valence-electron chi connectivity index (χ4n) is 8.70. The van der Waals surface area contributed by atoms with E-state index in [0.717, 1.165) is 0 Å². The molecule has 0 aromatic carbocycles. The van der Waals surface area contributed by atoms with Crippen LogP contribution in [0.25, 0.3) is 0 Å². The van der Waals surface area contributed by atoms with E-state index in [0.29, 0.717) is 12.8 Å². The maximum atomic E-state index is 14.4. The minimum Gasteiger partial charge on any atom is -0.462 e. The summed E-state index contributed by atoms with van der Waals surface area (Å²) in [6, 6.07) is 0. The van der Waals surface area contributed by atoms with Gasteiger partial charge in [0.1, 0.15) is 29.3 Å². The molecule has 10 nitrogen and oxygen atoms in total. The molecule has 10 heteroatoms. The van der Waals surface area contributed by atoms with Crippen molar-refractivity contribution in [1.29, 1.82) is 0 Å². The Labute approximate surface area is 222 Å². The molecular weight excluding hydrogens is 496 g/mol. The molecule has 4 rings (SSSR count). The summed E-state index contributed by atoms with van der Waals surface area (Å²) in [5.41, 5.74) is -5.41. The van der Waals surface area contributed by atoms with Crippen LogP contribution in [0.3, 0.4) is 0 Å². The Morgan fingerprint density at radius 1 is 0.868 bits per heavy atom. The molecule has 4 saturated carbocycles. The Kier molecular flexibility index (Phi) is 6.61. The molecule has 0 aliphatic heterocycles. The minimum atomic E-state index is -2.05. The molecule has 0 unspecified atom stereocenters. The van der Waals surface area contributed by atoms with E-state index in [1.807, 2.05) is 6.92 Å². The zero-order chi connectivity index (χ0) is 28.6. The number of carbonyl (C=O) groups excluding carboxylic acids is 5. The van der Waals surface area contributed by atoms with Crippen LogP contribution in [0.2, 0.25) is 0 Å². The van der Waals surface area contributed by atoms with Crippen LogP contribution in [0, 0.1) is 28.1 Å². The number of rotatable bonds is 4. The fourth-order valence-corrected chi connectivity index (χ4v) is 8.70. The zero-order valence-corrected chi connectivity index (χ0v) is 23.1. The number of esters is 4. The Bertz CT molecular complexity index is 1110. The van der Waals surface area contributed by atoms with Crippen molar-refractivity contribution in [3.8, 4) is 0 Å². The van der Waals surface area contributed by atoms with Crippen molar-refractivity contribution in [3.63, 3.8) is 0 Å². The quantitative estimate of drug-likeness (QED) is 0.325. The molecule has 0 heterocycles. The van der Waals surface area contributed by atoms with Crippen LogP contribution in [0.5, 0.6) is 0 Å². The van der Waals surface area contributed by atoms with Gasteiger partial charge in [-0.15, -0.1) is 0 Å². The van der Waals surface area contributed by atoms with Gasteiger partial charge in [0, 0.05) is 51.0 Å². The molecule has 2 bridgehead atoms. The number of ether oxygens (including phenoxy) is 4. The molecule has 4 fully saturated rings. The molecule has 1 spiro atoms. The van der Waals surface area contributed by atoms with Crippen LogP contribution in [0.4, 0.5) is 0 Å². The Morgan fingerprint density at radius 3 is 1.92 bits per heavy atom. The van der Waals surface area contributed by atoms with Gasteiger partial charge in [-0.1, -0.05) is 27.4 Å². The lowest BCUT2D eigenvalue weighted by Gasteiger charge is -2.68. The molecule has 1 N–H and O–H groups in total. The lowest BCUT2D eigenvalue weighted by Crippen LogP contribution is -2.76. The van der Waals surface area contributed by atoms with Gasteiger partial charge in [-0.25, -0.2) is 0 Å². The third-order valence-corrected chi connectivity index (χ3v) is 9.77. The van der Waals surface area contributed by atoms with Crippen molar-refractivity contribution >= 4 is 29.7 Å². The van der Waals surface area contributed by atoms with Crippen LogP contribution in [-0.2, 0) is 42.9 Å². The zero-order valence-electron chi connectivity index (χ0n) is 23.1. The number of fused-ring (bicyclic) bond motifs is 3. The molecule has 4 aliphatic rings. The molecule has 0 aromatic rings. The first-order valence-corrected chi connectivity index (χ1v) is 13.1. The number of hydrogen-bond acceptors (Lipinski definition) is 10. The lowest BCUT2D eigenvalue weighted by atomic mass is 9.38. The maximum Gasteiger partial charge on any atom is 0.303 e. The highest BCUT2D eigenvalue weighted by Crippen LogP contribution is 2.73. The number of ketones is 1. The summed E-state index contributed by atoms with van der Waals surface area (Å²) in [5.74, 6) is -4.34. The summed E-state index contributed by atoms with van der Waals surface area (Å²) >= 11 is 0. The number of hydrogen-bond donors (Lipinski definition) is 1. The van der Waals surface area contributed by atoms with E-state index in [1.165, 1.54) is 27.7 Å². The van der Waals surface area contributed by atoms with Crippen LogP contribution in [0.1, 0.15) is 74.1 Å². The summed E-state index contributed by atoms with van der Waals surface area (Å²) in [5, 5.41) is 11.9. The average molecular weight is 535 g/mol. The lowest BCUT2D eigenvalue weighted by molar-refractivity contribution is -0.298. The second-order valence-electron chi connectivity index (χ2n) is 12.4. The smallest absolute Gasteiger partial charge is 0.303 e. The molecule has 0 aromatic heterocycles. The predicted molar refractivity (Wildman–Crippen MR) is 131 cm³/mol. The highest BCUT2D eigenvalue weighted by Gasteiger charge is 2.84. The third kappa shape index (κ3) is 3.73. The SMILES string of the molecule is C=C1C(=O)[C@]23[C@@H](OC(C)=O)[C@@]1(O)C[C@@H](OC(C)=O)[C@H]2[C@@]1(C)[C@H](C[C@H]3OC(C)=O)C(C)(C)CC[C@H]1OC(C)=O. The van der Waals surface area contributed by atoms with Gasteiger partial charge in [0.05, 0.1) is 0 Å². The standard InChI is InChI=1S/C28H38O10/c1-13-23(33)28-21(37-16(4)31)11-19-25(6,7)10-9-20(36-15(3)30)26(19,8)22(28)18(35-14(2)29)12-27(13,34)24(28)38-17(5)32/h18-22,24,34H,1,9-12H2,2-8H3/t18-,19-,20-,21-,22+,24+,26+,27-,28-/m1/s1. The van der Waals surface area contributed by atoms with E-state index in [2.05, 4.69) is 20.4 Å². The first-order valence-electron chi connectivity index (χ1n) is 13.1. The van der Waals surface area contributed by atoms with Crippen molar-refractivity contribution in [2.24, 2.45) is 28.1 Å². The molecule has 0 amide bonds. The van der Waals surface area contributed by atoms with Crippen LogP contribution >= 0.6 is 0 Å². The number of Topliss-reactive ketones (excluding diaryl/α,β-unsaturated/α-hetero) is 1. The molecule has 38 heavy (non-hydrogen) atoms. The molecule has 9 atom stereocenters. The molecular formula is C28H38O10. The number of carbonyl (C=O) groups is 5. The van der Waals surface area contributed by atoms with E-state index in [1.54, 1.807) is 0 Å². The fraction of sp³-hybridized carbons (Fsp3) is 0.750. The highest BCUT2D eigenvalue weighted by molar-refractivity contribution is 6.07. The van der Waals surface area contributed by atoms with Gasteiger partial charge >= 0.3 is 23.9 Å². The second kappa shape index (κ2) is 8.89. The van der Waals surface area contributed by atoms with Crippen LogP contribution in [0.15, 0.2) is 12.2 Å². The van der Waals surface area contributed by atoms with Gasteiger partial charge in [-0.05, 0) is 30.6 Å². The van der Waals surface area contributed by atoms with Crippen molar-refractivity contribution < 1.29 is 48.0 Å². The Morgan fingerprint density at radius 2 is 1.39 bits per heavy atom. The third-order valence-electron chi connectivity index (χ3n) is 9.77. The largest absolute Gasteiger partial charge is 0.462 e. The average Bonchev–Trinajstić information content (AvgIpc) is 2.85. The predicted octanol–water partition coefficient (Wildman–Crippen LogP) is 2.44. The van der Waals surface area contributed by atoms with Crippen molar-refractivity contribution in [1.82, 2.24) is 0 Å². The van der Waals surface area contributed by atoms with Crippen LogP contribution < -0.4 is 0 Å². The van der Waals surface area contributed by atoms with E-state index < -0.39 is 76.4 Å². The Hall–Kier alpha value is -2.75. The molecule has 0 saturated heterocycles. The van der Waals surface area contributed by atoms with Gasteiger partial charge in [0.15, 0.2) is 11.9 Å². The van der Waals surface area contributed by atoms with E-state index in [4.69, 9.17) is 18.9 Å². The van der Waals surface area contributed by atoms with Crippen molar-refractivity contribution in [2.75, 3.05) is 0 Å². The summed E-state index contributed by atoms with van der Waals surface area (Å²) in [6.45, 7) is 14.9. The molecule has 4 aliphatic carbocycles. The molecule has 210 valence electrons. The van der Waals surface area contributed by atoms with E-state index in [-0.39, 0.29) is 29.7 Å². The van der Waals surface area contributed by atoms with Gasteiger partial charge in [0.25, 0.3) is 0 Å². The van der Waals surface area contributed by atoms with Crippen molar-refractivity contribution in [3.05, 3.63) is 12.2 Å². The van der Waals surface area contributed by atoms with Gasteiger partial charge in [-0.3, -0.25) is 24.0 Å². The van der Waals surface area contributed by atoms with Gasteiger partial charge in [-0.2, -0.15) is 0 Å². The molecule has 0 radical (unpaired) electrons. The normalized spacial score (nSPS) is 42.8. The maximum absolute atomic E-state index is 14.4. The van der Waals surface area contributed by atoms with Gasteiger partial charge < -0.3 is 24.1 Å². The second-order valence-corrected chi connectivity index (χ2v) is 12.4. The first kappa shape index (κ1) is 28.3. The summed E-state index contributed by atoms with van der Waals surface area (Å²) in [7, 11) is 0. The Balaban J connectivity index is 2.09. The minimum absolute atomic E-state index is 0.178. The summed E-state index contributed by atoms with van der Waals surface area (Å²) < 4.78 is 23.3. The highest BCUT2D eigenvalue weighted by atomic mass is 16.6. The van der Waals surface area contributed by atoms with Gasteiger partial charge in [0.2, 0.25) is 0 Å². The topological polar surface area (TPSA) is 143 Å². The summed E-state index contributed by atoms with van der Waals surface area (Å²) in [6.07, 6.45) is -3.22. The van der Waals surface area contributed by atoms with E-state index in [9.17, 15) is 29.1 Å². The monoisotopic (exact) mass is 534 g/mol. The van der Waals surface area contributed by atoms with Crippen LogP contribution in [-0.4, -0.2) is 64.8 Å². The van der Waals surface area contributed by atoms with Crippen molar-refractivity contribution in [2.45, 2.75) is 104 Å². The van der Waals surface area contributed by atoms with E-state index >= 15 is 0 Å². The number of aliphatic hydroxyl groups is 1.